The molecule has 2 atom stereocenters. The molecule has 2 unspecified atom stereocenters. The maximum atomic E-state index is 13.9. The van der Waals surface area contributed by atoms with E-state index in [4.69, 9.17) is 5.73 Å². The number of primary amides is 1. The lowest BCUT2D eigenvalue weighted by atomic mass is 9.71. The third-order valence-electron chi connectivity index (χ3n) is 6.92. The van der Waals surface area contributed by atoms with Crippen molar-refractivity contribution >= 4 is 23.4 Å². The van der Waals surface area contributed by atoms with E-state index in [1.165, 1.54) is 38.1 Å². The van der Waals surface area contributed by atoms with Gasteiger partial charge in [-0.25, -0.2) is 0 Å². The van der Waals surface area contributed by atoms with Crippen LogP contribution in [0, 0.1) is 5.41 Å². The van der Waals surface area contributed by atoms with Crippen LogP contribution >= 0.6 is 0 Å². The van der Waals surface area contributed by atoms with Crippen LogP contribution in [0.3, 0.4) is 0 Å². The highest BCUT2D eigenvalue weighted by Gasteiger charge is 2.54. The molecule has 0 saturated carbocycles. The topological polar surface area (TPSA) is 86.9 Å². The summed E-state index contributed by atoms with van der Waals surface area (Å²) in [6.07, 6.45) is -3.05. The molecule has 186 valence electrons. The van der Waals surface area contributed by atoms with Gasteiger partial charge in [-0.2, -0.15) is 13.2 Å². The van der Waals surface area contributed by atoms with Gasteiger partial charge in [-0.05, 0) is 57.5 Å². The second-order valence-electron chi connectivity index (χ2n) is 9.20. The normalized spacial score (nSPS) is 24.0. The molecule has 1 aromatic carbocycles. The molecule has 7 nitrogen and oxygen atoms in total. The molecular formula is C24H31F3N4O3. The zero-order chi connectivity index (χ0) is 25.4. The van der Waals surface area contributed by atoms with Crippen molar-refractivity contribution in [1.29, 1.82) is 0 Å². The van der Waals surface area contributed by atoms with Crippen molar-refractivity contribution in [3.63, 3.8) is 0 Å². The predicted octanol–water partition coefficient (Wildman–Crippen LogP) is 3.15. The van der Waals surface area contributed by atoms with Crippen LogP contribution in [0.25, 0.3) is 0 Å². The molecular weight excluding hydrogens is 449 g/mol. The molecule has 0 aliphatic carbocycles. The Hall–Kier alpha value is -2.88. The fourth-order valence-corrected chi connectivity index (χ4v) is 5.04. The minimum absolute atomic E-state index is 0.0644. The van der Waals surface area contributed by atoms with Gasteiger partial charge in [0.2, 0.25) is 11.8 Å². The van der Waals surface area contributed by atoms with Gasteiger partial charge in [0.1, 0.15) is 5.41 Å². The summed E-state index contributed by atoms with van der Waals surface area (Å²) in [5.74, 6) is -2.00. The number of nitrogens with zero attached hydrogens (tertiary/aromatic N) is 3. The molecule has 0 aromatic heterocycles. The Bertz CT molecular complexity index is 1020. The molecule has 0 radical (unpaired) electrons. The lowest BCUT2D eigenvalue weighted by molar-refractivity contribution is -0.142. The number of benzene rings is 1. The number of nitrogens with two attached hydrogens (primary N) is 1. The molecule has 1 aromatic rings. The largest absolute Gasteiger partial charge is 0.416 e. The smallest absolute Gasteiger partial charge is 0.369 e. The van der Waals surface area contributed by atoms with E-state index in [1.807, 2.05) is 6.92 Å². The number of hydrogen-bond donors (Lipinski definition) is 1. The monoisotopic (exact) mass is 480 g/mol. The van der Waals surface area contributed by atoms with Gasteiger partial charge in [-0.3, -0.25) is 19.3 Å². The summed E-state index contributed by atoms with van der Waals surface area (Å²) in [5.41, 5.74) is 3.47. The first-order chi connectivity index (χ1) is 15.8. The molecule has 10 heteroatoms. The lowest BCUT2D eigenvalue weighted by Crippen LogP contribution is -2.57. The molecule has 1 fully saturated rings. The van der Waals surface area contributed by atoms with E-state index in [2.05, 4.69) is 4.90 Å². The minimum atomic E-state index is -4.62. The summed E-state index contributed by atoms with van der Waals surface area (Å²) < 4.78 is 40.3. The second kappa shape index (κ2) is 9.40. The van der Waals surface area contributed by atoms with Crippen molar-refractivity contribution in [2.24, 2.45) is 11.1 Å². The molecule has 2 aliphatic heterocycles. The number of alkyl halides is 3. The van der Waals surface area contributed by atoms with Gasteiger partial charge in [0.05, 0.1) is 5.56 Å². The highest BCUT2D eigenvalue weighted by molar-refractivity contribution is 6.16. The van der Waals surface area contributed by atoms with Crippen LogP contribution in [0.15, 0.2) is 35.5 Å². The number of likely N-dealkylation sites (tertiary alicyclic amines) is 1. The van der Waals surface area contributed by atoms with Crippen molar-refractivity contribution in [2.75, 3.05) is 32.1 Å². The van der Waals surface area contributed by atoms with E-state index >= 15 is 0 Å². The summed E-state index contributed by atoms with van der Waals surface area (Å²) in [4.78, 5) is 44.5. The van der Waals surface area contributed by atoms with Crippen LogP contribution in [-0.4, -0.2) is 60.7 Å². The average molecular weight is 481 g/mol. The molecule has 2 N–H and O–H groups in total. The lowest BCUT2D eigenvalue weighted by Gasteiger charge is -2.43. The second-order valence-corrected chi connectivity index (χ2v) is 9.20. The van der Waals surface area contributed by atoms with E-state index in [9.17, 15) is 27.6 Å². The Morgan fingerprint density at radius 1 is 1.26 bits per heavy atom. The molecule has 3 rings (SSSR count). The highest BCUT2D eigenvalue weighted by atomic mass is 19.4. The number of likely N-dealkylation sites (N-methyl/N-ethyl adjacent to an activating group) is 1. The van der Waals surface area contributed by atoms with Gasteiger partial charge in [-0.15, -0.1) is 0 Å². The number of amides is 3. The number of halogens is 3. The summed E-state index contributed by atoms with van der Waals surface area (Å²) >= 11 is 0. The Balaban J connectivity index is 2.19. The van der Waals surface area contributed by atoms with Crippen LogP contribution in [0.5, 0.6) is 0 Å². The van der Waals surface area contributed by atoms with Gasteiger partial charge in [-0.1, -0.05) is 13.0 Å². The first-order valence-electron chi connectivity index (χ1n) is 11.3. The Morgan fingerprint density at radius 3 is 2.50 bits per heavy atom. The first-order valence-corrected chi connectivity index (χ1v) is 11.3. The average Bonchev–Trinajstić information content (AvgIpc) is 3.21. The van der Waals surface area contributed by atoms with E-state index in [0.29, 0.717) is 0 Å². The Morgan fingerprint density at radius 2 is 1.94 bits per heavy atom. The zero-order valence-electron chi connectivity index (χ0n) is 19.9. The standard InChI is InChI=1S/C24H31F3N4O3/c1-5-30-11-7-10-18(30)13-23(21(28)33)14-19(20(32)29(3)4)15(2)31(22(23)34)17-9-6-8-16(12-17)24(25,26)27/h6,8-9,12,18H,5,7,10-11,13-14H2,1-4H3,(H2,28,33). The molecule has 0 spiro atoms. The zero-order valence-corrected chi connectivity index (χ0v) is 19.9. The number of hydrogen-bond acceptors (Lipinski definition) is 4. The van der Waals surface area contributed by atoms with Gasteiger partial charge >= 0.3 is 6.18 Å². The van der Waals surface area contributed by atoms with E-state index in [0.717, 1.165) is 43.0 Å². The minimum Gasteiger partial charge on any atom is -0.369 e. The third-order valence-corrected chi connectivity index (χ3v) is 6.92. The van der Waals surface area contributed by atoms with Crippen LogP contribution in [0.1, 0.15) is 45.1 Å². The fraction of sp³-hybridized carbons (Fsp3) is 0.542. The number of anilines is 1. The number of rotatable bonds is 6. The summed E-state index contributed by atoms with van der Waals surface area (Å²) in [6, 6.07) is 4.22. The van der Waals surface area contributed by atoms with Crippen molar-refractivity contribution in [1.82, 2.24) is 9.80 Å². The first kappa shape index (κ1) is 25.7. The van der Waals surface area contributed by atoms with Crippen molar-refractivity contribution in [3.8, 4) is 0 Å². The van der Waals surface area contributed by atoms with Crippen LogP contribution in [0.2, 0.25) is 0 Å². The SMILES string of the molecule is CCN1CCCC1CC1(C(N)=O)CC(C(=O)N(C)C)=C(C)N(c2cccc(C(F)(F)F)c2)C1=O. The van der Waals surface area contributed by atoms with Crippen molar-refractivity contribution in [3.05, 3.63) is 41.1 Å². The van der Waals surface area contributed by atoms with E-state index < -0.39 is 34.9 Å². The van der Waals surface area contributed by atoms with Crippen molar-refractivity contribution in [2.45, 2.75) is 51.7 Å². The molecule has 0 bridgehead atoms. The van der Waals surface area contributed by atoms with Crippen LogP contribution < -0.4 is 10.6 Å². The van der Waals surface area contributed by atoms with E-state index in [-0.39, 0.29) is 35.8 Å². The molecule has 34 heavy (non-hydrogen) atoms. The molecule has 2 heterocycles. The van der Waals surface area contributed by atoms with E-state index in [1.54, 1.807) is 0 Å². The summed E-state index contributed by atoms with van der Waals surface area (Å²) in [7, 11) is 3.07. The number of carbonyl (C=O) groups is 3. The van der Waals surface area contributed by atoms with Gasteiger partial charge in [0.25, 0.3) is 5.91 Å². The van der Waals surface area contributed by atoms with Gasteiger partial charge in [0, 0.05) is 43.5 Å². The van der Waals surface area contributed by atoms with Gasteiger partial charge < -0.3 is 15.5 Å². The summed E-state index contributed by atoms with van der Waals surface area (Å²) in [6.45, 7) is 5.04. The van der Waals surface area contributed by atoms with Crippen LogP contribution in [-0.2, 0) is 20.6 Å². The third kappa shape index (κ3) is 4.55. The Kier molecular flexibility index (Phi) is 7.12. The maximum absolute atomic E-state index is 13.9. The molecule has 1 saturated heterocycles. The molecule has 2 aliphatic rings. The fourth-order valence-electron chi connectivity index (χ4n) is 5.04. The molecule has 3 amide bonds. The van der Waals surface area contributed by atoms with Gasteiger partial charge in [0.15, 0.2) is 0 Å². The van der Waals surface area contributed by atoms with Crippen LogP contribution in [0.4, 0.5) is 18.9 Å². The maximum Gasteiger partial charge on any atom is 0.416 e. The number of carbonyl (C=O) groups excluding carboxylic acids is 3. The predicted molar refractivity (Wildman–Crippen MR) is 121 cm³/mol. The summed E-state index contributed by atoms with van der Waals surface area (Å²) in [5, 5.41) is 0. The quantitative estimate of drug-likeness (QED) is 0.634. The number of allylic oxidation sites excluding steroid dienone is 1. The highest BCUT2D eigenvalue weighted by Crippen LogP contribution is 2.45. The Labute approximate surface area is 197 Å². The van der Waals surface area contributed by atoms with Crippen molar-refractivity contribution < 1.29 is 27.6 Å².